The maximum Gasteiger partial charge on any atom is 0.262 e. The van der Waals surface area contributed by atoms with Crippen LogP contribution in [-0.4, -0.2) is 38.3 Å². The first-order chi connectivity index (χ1) is 13.4. The fraction of sp³-hybridized carbons (Fsp3) is 0.350. The maximum atomic E-state index is 12.8. The van der Waals surface area contributed by atoms with Gasteiger partial charge in [-0.1, -0.05) is 22.4 Å². The monoisotopic (exact) mass is 466 g/mol. The summed E-state index contributed by atoms with van der Waals surface area (Å²) in [6.07, 6.45) is 2.86. The summed E-state index contributed by atoms with van der Waals surface area (Å²) in [7, 11) is -3.48. The first-order valence-electron chi connectivity index (χ1n) is 9.15. The first kappa shape index (κ1) is 20.8. The Kier molecular flexibility index (Phi) is 6.74. The number of anilines is 1. The standard InChI is InChI=1S/C20H23BrN2O4S/c1-15-13-18(28(25,26)23-11-3-2-4-12-23)9-10-19(15)27-14-20(24)22-17-7-5-16(21)6-8-17/h5-10,13H,2-4,11-12,14H2,1H3,(H,22,24). The van der Waals surface area contributed by atoms with E-state index in [-0.39, 0.29) is 17.4 Å². The Morgan fingerprint density at radius 1 is 1.11 bits per heavy atom. The van der Waals surface area contributed by atoms with Gasteiger partial charge in [-0.05, 0) is 67.8 Å². The van der Waals surface area contributed by atoms with E-state index in [1.165, 1.54) is 4.31 Å². The van der Waals surface area contributed by atoms with Crippen molar-refractivity contribution in [3.63, 3.8) is 0 Å². The van der Waals surface area contributed by atoms with Gasteiger partial charge in [0.05, 0.1) is 4.90 Å². The molecule has 0 aromatic heterocycles. The first-order valence-corrected chi connectivity index (χ1v) is 11.4. The van der Waals surface area contributed by atoms with E-state index in [0.29, 0.717) is 30.1 Å². The second kappa shape index (κ2) is 9.07. The molecule has 0 saturated carbocycles. The average molecular weight is 467 g/mol. The van der Waals surface area contributed by atoms with Crippen LogP contribution in [-0.2, 0) is 14.8 Å². The Hall–Kier alpha value is -1.90. The highest BCUT2D eigenvalue weighted by Crippen LogP contribution is 2.26. The smallest absolute Gasteiger partial charge is 0.262 e. The van der Waals surface area contributed by atoms with E-state index < -0.39 is 10.0 Å². The molecule has 150 valence electrons. The highest BCUT2D eigenvalue weighted by molar-refractivity contribution is 9.10. The number of ether oxygens (including phenoxy) is 1. The zero-order valence-electron chi connectivity index (χ0n) is 15.7. The molecule has 3 rings (SSSR count). The lowest BCUT2D eigenvalue weighted by atomic mass is 10.2. The van der Waals surface area contributed by atoms with Crippen LogP contribution in [0, 0.1) is 6.92 Å². The van der Waals surface area contributed by atoms with E-state index >= 15 is 0 Å². The molecule has 6 nitrogen and oxygen atoms in total. The molecule has 1 heterocycles. The summed E-state index contributed by atoms with van der Waals surface area (Å²) in [6.45, 7) is 2.75. The van der Waals surface area contributed by atoms with E-state index in [0.717, 1.165) is 23.7 Å². The lowest BCUT2D eigenvalue weighted by Crippen LogP contribution is -2.35. The zero-order chi connectivity index (χ0) is 20.1. The Bertz CT molecular complexity index is 939. The lowest BCUT2D eigenvalue weighted by molar-refractivity contribution is -0.118. The number of benzene rings is 2. The molecule has 0 unspecified atom stereocenters. The van der Waals surface area contributed by atoms with E-state index in [4.69, 9.17) is 4.74 Å². The quantitative estimate of drug-likeness (QED) is 0.698. The Morgan fingerprint density at radius 3 is 2.43 bits per heavy atom. The normalized spacial score (nSPS) is 15.2. The Morgan fingerprint density at radius 2 is 1.79 bits per heavy atom. The van der Waals surface area contributed by atoms with E-state index in [1.807, 2.05) is 12.1 Å². The van der Waals surface area contributed by atoms with Gasteiger partial charge in [0, 0.05) is 23.2 Å². The number of piperidine rings is 1. The van der Waals surface area contributed by atoms with Crippen molar-refractivity contribution >= 4 is 37.5 Å². The van der Waals surface area contributed by atoms with Crippen LogP contribution >= 0.6 is 15.9 Å². The van der Waals surface area contributed by atoms with Crippen molar-refractivity contribution in [3.8, 4) is 5.75 Å². The SMILES string of the molecule is Cc1cc(S(=O)(=O)N2CCCCC2)ccc1OCC(=O)Nc1ccc(Br)cc1. The molecule has 1 amide bonds. The fourth-order valence-electron chi connectivity index (χ4n) is 3.07. The van der Waals surface area contributed by atoms with Crippen molar-refractivity contribution in [1.29, 1.82) is 0 Å². The molecular formula is C20H23BrN2O4S. The maximum absolute atomic E-state index is 12.8. The van der Waals surface area contributed by atoms with Crippen LogP contribution in [0.4, 0.5) is 5.69 Å². The van der Waals surface area contributed by atoms with Gasteiger partial charge in [0.2, 0.25) is 10.0 Å². The number of nitrogens with zero attached hydrogens (tertiary/aromatic N) is 1. The van der Waals surface area contributed by atoms with Gasteiger partial charge in [0.25, 0.3) is 5.91 Å². The van der Waals surface area contributed by atoms with Crippen LogP contribution in [0.5, 0.6) is 5.75 Å². The molecule has 0 atom stereocenters. The van der Waals surface area contributed by atoms with Crippen LogP contribution in [0.25, 0.3) is 0 Å². The zero-order valence-corrected chi connectivity index (χ0v) is 18.1. The molecule has 8 heteroatoms. The number of halogens is 1. The van der Waals surface area contributed by atoms with Crippen LogP contribution in [0.2, 0.25) is 0 Å². The van der Waals surface area contributed by atoms with Crippen molar-refractivity contribution in [2.75, 3.05) is 25.0 Å². The average Bonchev–Trinajstić information content (AvgIpc) is 2.69. The van der Waals surface area contributed by atoms with Gasteiger partial charge >= 0.3 is 0 Å². The molecule has 0 radical (unpaired) electrons. The molecule has 1 fully saturated rings. The summed E-state index contributed by atoms with van der Waals surface area (Å²) in [4.78, 5) is 12.3. The van der Waals surface area contributed by atoms with Gasteiger partial charge in [0.1, 0.15) is 5.75 Å². The predicted octanol–water partition coefficient (Wildman–Crippen LogP) is 3.95. The van der Waals surface area contributed by atoms with Gasteiger partial charge in [0.15, 0.2) is 6.61 Å². The molecule has 28 heavy (non-hydrogen) atoms. The van der Waals surface area contributed by atoms with Gasteiger partial charge in [-0.25, -0.2) is 8.42 Å². The number of sulfonamides is 1. The van der Waals surface area contributed by atoms with Crippen LogP contribution in [0.15, 0.2) is 51.8 Å². The van der Waals surface area contributed by atoms with E-state index in [9.17, 15) is 13.2 Å². The highest BCUT2D eigenvalue weighted by Gasteiger charge is 2.26. The minimum Gasteiger partial charge on any atom is -0.483 e. The number of carbonyl (C=O) groups excluding carboxylic acids is 1. The molecule has 0 spiro atoms. The van der Waals surface area contributed by atoms with Crippen LogP contribution < -0.4 is 10.1 Å². The lowest BCUT2D eigenvalue weighted by Gasteiger charge is -2.26. The van der Waals surface area contributed by atoms with Gasteiger partial charge < -0.3 is 10.1 Å². The van der Waals surface area contributed by atoms with Crippen molar-refractivity contribution in [1.82, 2.24) is 4.31 Å². The summed E-state index contributed by atoms with van der Waals surface area (Å²) in [5.41, 5.74) is 1.35. The molecule has 1 saturated heterocycles. The number of hydrogen-bond donors (Lipinski definition) is 1. The molecule has 1 aliphatic rings. The van der Waals surface area contributed by atoms with E-state index in [2.05, 4.69) is 21.2 Å². The summed E-state index contributed by atoms with van der Waals surface area (Å²) in [5.74, 6) is 0.204. The van der Waals surface area contributed by atoms with Crippen molar-refractivity contribution < 1.29 is 17.9 Å². The molecular weight excluding hydrogens is 444 g/mol. The number of aryl methyl sites for hydroxylation is 1. The third kappa shape index (κ3) is 5.12. The fourth-order valence-corrected chi connectivity index (χ4v) is 4.94. The van der Waals surface area contributed by atoms with Gasteiger partial charge in [-0.2, -0.15) is 4.31 Å². The summed E-state index contributed by atoms with van der Waals surface area (Å²) in [6, 6.07) is 12.0. The minimum atomic E-state index is -3.48. The van der Waals surface area contributed by atoms with Crippen molar-refractivity contribution in [2.45, 2.75) is 31.1 Å². The third-order valence-electron chi connectivity index (χ3n) is 4.59. The summed E-state index contributed by atoms with van der Waals surface area (Å²) >= 11 is 3.34. The van der Waals surface area contributed by atoms with Crippen LogP contribution in [0.1, 0.15) is 24.8 Å². The molecule has 2 aromatic rings. The Labute approximate surface area is 174 Å². The molecule has 0 aliphatic carbocycles. The molecule has 0 bridgehead atoms. The second-order valence-corrected chi connectivity index (χ2v) is 9.59. The number of hydrogen-bond acceptors (Lipinski definition) is 4. The number of nitrogens with one attached hydrogen (secondary N) is 1. The van der Waals surface area contributed by atoms with Gasteiger partial charge in [-0.3, -0.25) is 4.79 Å². The summed E-state index contributed by atoms with van der Waals surface area (Å²) < 4.78 is 33.6. The number of amides is 1. The van der Waals surface area contributed by atoms with Crippen molar-refractivity contribution in [3.05, 3.63) is 52.5 Å². The van der Waals surface area contributed by atoms with E-state index in [1.54, 1.807) is 37.3 Å². The summed E-state index contributed by atoms with van der Waals surface area (Å²) in [5, 5.41) is 2.75. The second-order valence-electron chi connectivity index (χ2n) is 6.74. The van der Waals surface area contributed by atoms with Crippen LogP contribution in [0.3, 0.4) is 0 Å². The Balaban J connectivity index is 1.62. The van der Waals surface area contributed by atoms with Crippen molar-refractivity contribution in [2.24, 2.45) is 0 Å². The molecule has 2 aromatic carbocycles. The number of carbonyl (C=O) groups is 1. The largest absolute Gasteiger partial charge is 0.483 e. The molecule has 1 aliphatic heterocycles. The molecule has 1 N–H and O–H groups in total. The topological polar surface area (TPSA) is 75.7 Å². The highest BCUT2D eigenvalue weighted by atomic mass is 79.9. The number of rotatable bonds is 6. The third-order valence-corrected chi connectivity index (χ3v) is 7.01. The van der Waals surface area contributed by atoms with Gasteiger partial charge in [-0.15, -0.1) is 0 Å². The minimum absolute atomic E-state index is 0.158. The predicted molar refractivity (Wildman–Crippen MR) is 112 cm³/mol.